The molecular weight excluding hydrogens is 445 g/mol. The van der Waals surface area contributed by atoms with E-state index >= 15 is 0 Å². The van der Waals surface area contributed by atoms with Crippen molar-refractivity contribution in [3.05, 3.63) is 58.6 Å². The van der Waals surface area contributed by atoms with Crippen molar-refractivity contribution >= 4 is 29.1 Å². The van der Waals surface area contributed by atoms with Crippen molar-refractivity contribution in [1.29, 1.82) is 0 Å². The van der Waals surface area contributed by atoms with Gasteiger partial charge in [0, 0.05) is 28.4 Å². The van der Waals surface area contributed by atoms with Crippen LogP contribution in [-0.4, -0.2) is 34.1 Å². The molecule has 0 saturated carbocycles. The van der Waals surface area contributed by atoms with Gasteiger partial charge in [0.15, 0.2) is 0 Å². The predicted molar refractivity (Wildman–Crippen MR) is 119 cm³/mol. The van der Waals surface area contributed by atoms with Gasteiger partial charge in [-0.05, 0) is 56.2 Å². The van der Waals surface area contributed by atoms with Gasteiger partial charge >= 0.3 is 6.36 Å². The highest BCUT2D eigenvalue weighted by molar-refractivity contribution is 6.30. The Balaban J connectivity index is 2.03. The standard InChI is InChI=1S/C22H22ClF3N4O2/c1-12-7-16(23)8-13(2)20(12)29-19-10-18(28-21(30-19)27-14(3)11-31)15-5-4-6-17(9-15)32-22(24,25)26/h4-10,14,31H,11H2,1-3H3,(H2,27,28,29,30)/t14-/m0/s1. The Kier molecular flexibility index (Phi) is 7.10. The molecule has 0 aliphatic rings. The number of aliphatic hydroxyl groups is 1. The van der Waals surface area contributed by atoms with Crippen LogP contribution in [0.3, 0.4) is 0 Å². The number of ether oxygens (including phenoxy) is 1. The van der Waals surface area contributed by atoms with Crippen molar-refractivity contribution in [2.24, 2.45) is 0 Å². The number of nitrogens with one attached hydrogen (secondary N) is 2. The number of benzene rings is 2. The fourth-order valence-electron chi connectivity index (χ4n) is 3.08. The van der Waals surface area contributed by atoms with Gasteiger partial charge < -0.3 is 20.5 Å². The SMILES string of the molecule is Cc1cc(Cl)cc(C)c1Nc1cc(-c2cccc(OC(F)(F)F)c2)nc(N[C@@H](C)CO)n1. The minimum absolute atomic E-state index is 0.152. The molecule has 0 unspecified atom stereocenters. The number of hydrogen-bond acceptors (Lipinski definition) is 6. The highest BCUT2D eigenvalue weighted by Gasteiger charge is 2.31. The second-order valence-corrected chi connectivity index (χ2v) is 7.74. The van der Waals surface area contributed by atoms with Gasteiger partial charge in [-0.1, -0.05) is 23.7 Å². The number of aromatic nitrogens is 2. The van der Waals surface area contributed by atoms with E-state index in [1.807, 2.05) is 26.0 Å². The smallest absolute Gasteiger partial charge is 0.406 e. The lowest BCUT2D eigenvalue weighted by molar-refractivity contribution is -0.274. The van der Waals surface area contributed by atoms with Gasteiger partial charge in [0.05, 0.1) is 12.3 Å². The highest BCUT2D eigenvalue weighted by atomic mass is 35.5. The fourth-order valence-corrected chi connectivity index (χ4v) is 3.41. The molecule has 0 aliphatic carbocycles. The number of aryl methyl sites for hydroxylation is 2. The van der Waals surface area contributed by atoms with Crippen molar-refractivity contribution in [2.45, 2.75) is 33.2 Å². The van der Waals surface area contributed by atoms with Crippen molar-refractivity contribution in [1.82, 2.24) is 9.97 Å². The van der Waals surface area contributed by atoms with Crippen LogP contribution in [0.1, 0.15) is 18.1 Å². The molecule has 0 saturated heterocycles. The molecule has 1 heterocycles. The number of rotatable bonds is 7. The van der Waals surface area contributed by atoms with Gasteiger partial charge in [-0.2, -0.15) is 4.98 Å². The molecule has 10 heteroatoms. The Morgan fingerprint density at radius 3 is 2.41 bits per heavy atom. The van der Waals surface area contributed by atoms with Crippen LogP contribution in [0.4, 0.5) is 30.6 Å². The van der Waals surface area contributed by atoms with Gasteiger partial charge in [0.1, 0.15) is 11.6 Å². The Labute approximate surface area is 188 Å². The summed E-state index contributed by atoms with van der Waals surface area (Å²) >= 11 is 6.11. The summed E-state index contributed by atoms with van der Waals surface area (Å²) in [6.07, 6.45) is -4.80. The van der Waals surface area contributed by atoms with Crippen LogP contribution in [0.5, 0.6) is 5.75 Å². The molecule has 1 aromatic heterocycles. The molecule has 3 N–H and O–H groups in total. The lowest BCUT2D eigenvalue weighted by Crippen LogP contribution is -2.21. The second-order valence-electron chi connectivity index (χ2n) is 7.31. The first-order chi connectivity index (χ1) is 15.0. The largest absolute Gasteiger partial charge is 0.573 e. The minimum atomic E-state index is -4.80. The molecule has 1 atom stereocenters. The lowest BCUT2D eigenvalue weighted by atomic mass is 10.1. The van der Waals surface area contributed by atoms with Gasteiger partial charge in [-0.25, -0.2) is 4.98 Å². The van der Waals surface area contributed by atoms with Crippen LogP contribution in [0.25, 0.3) is 11.3 Å². The summed E-state index contributed by atoms with van der Waals surface area (Å²) in [7, 11) is 0. The Morgan fingerprint density at radius 1 is 1.09 bits per heavy atom. The molecule has 3 aromatic rings. The first-order valence-electron chi connectivity index (χ1n) is 9.70. The summed E-state index contributed by atoms with van der Waals surface area (Å²) in [6, 6.07) is 10.4. The number of anilines is 3. The third-order valence-electron chi connectivity index (χ3n) is 4.49. The van der Waals surface area contributed by atoms with E-state index < -0.39 is 6.36 Å². The minimum Gasteiger partial charge on any atom is -0.406 e. The quantitative estimate of drug-likeness (QED) is 0.405. The zero-order valence-electron chi connectivity index (χ0n) is 17.6. The topological polar surface area (TPSA) is 79.3 Å². The number of alkyl halides is 3. The molecule has 0 radical (unpaired) electrons. The second kappa shape index (κ2) is 9.62. The molecule has 0 amide bonds. The van der Waals surface area contributed by atoms with Gasteiger partial charge in [0.25, 0.3) is 0 Å². The third kappa shape index (κ3) is 6.24. The molecule has 170 valence electrons. The van der Waals surface area contributed by atoms with E-state index in [-0.39, 0.29) is 24.3 Å². The molecule has 2 aromatic carbocycles. The van der Waals surface area contributed by atoms with Crippen molar-refractivity contribution in [3.63, 3.8) is 0 Å². The average Bonchev–Trinajstić information content (AvgIpc) is 2.69. The number of halogens is 4. The van der Waals surface area contributed by atoms with Crippen molar-refractivity contribution in [3.8, 4) is 17.0 Å². The van der Waals surface area contributed by atoms with Gasteiger partial charge in [-0.3, -0.25) is 0 Å². The van der Waals surface area contributed by atoms with E-state index in [2.05, 4.69) is 25.3 Å². The fraction of sp³-hybridized carbons (Fsp3) is 0.273. The number of hydrogen-bond donors (Lipinski definition) is 3. The maximum atomic E-state index is 12.6. The van der Waals surface area contributed by atoms with Crippen LogP contribution in [0.15, 0.2) is 42.5 Å². The van der Waals surface area contributed by atoms with E-state index in [0.717, 1.165) is 16.8 Å². The molecule has 6 nitrogen and oxygen atoms in total. The summed E-state index contributed by atoms with van der Waals surface area (Å²) < 4.78 is 41.9. The first-order valence-corrected chi connectivity index (χ1v) is 10.1. The maximum absolute atomic E-state index is 12.6. The van der Waals surface area contributed by atoms with Crippen LogP contribution in [0.2, 0.25) is 5.02 Å². The van der Waals surface area contributed by atoms with Crippen LogP contribution in [0, 0.1) is 13.8 Å². The van der Waals surface area contributed by atoms with Gasteiger partial charge in [0.2, 0.25) is 5.95 Å². The van der Waals surface area contributed by atoms with Crippen LogP contribution >= 0.6 is 11.6 Å². The summed E-state index contributed by atoms with van der Waals surface area (Å²) in [5.41, 5.74) is 3.37. The Hall–Kier alpha value is -3.04. The molecule has 0 aliphatic heterocycles. The van der Waals surface area contributed by atoms with Crippen molar-refractivity contribution in [2.75, 3.05) is 17.2 Å². The molecular formula is C22H22ClF3N4O2. The van der Waals surface area contributed by atoms with E-state index in [9.17, 15) is 18.3 Å². The van der Waals surface area contributed by atoms with Gasteiger partial charge in [-0.15, -0.1) is 13.2 Å². The Morgan fingerprint density at radius 2 is 1.78 bits per heavy atom. The molecule has 3 rings (SSSR count). The first kappa shape index (κ1) is 23.6. The van der Waals surface area contributed by atoms with E-state index in [1.165, 1.54) is 18.2 Å². The lowest BCUT2D eigenvalue weighted by Gasteiger charge is -2.17. The third-order valence-corrected chi connectivity index (χ3v) is 4.71. The summed E-state index contributed by atoms with van der Waals surface area (Å²) in [4.78, 5) is 8.84. The summed E-state index contributed by atoms with van der Waals surface area (Å²) in [5.74, 6) is 0.266. The monoisotopic (exact) mass is 466 g/mol. The molecule has 32 heavy (non-hydrogen) atoms. The summed E-state index contributed by atoms with van der Waals surface area (Å²) in [5, 5.41) is 16.2. The van der Waals surface area contributed by atoms with Crippen LogP contribution < -0.4 is 15.4 Å². The van der Waals surface area contributed by atoms with E-state index in [4.69, 9.17) is 11.6 Å². The maximum Gasteiger partial charge on any atom is 0.573 e. The molecule has 0 fully saturated rings. The predicted octanol–water partition coefficient (Wildman–Crippen LogP) is 5.85. The Bertz CT molecular complexity index is 1090. The molecule has 0 bridgehead atoms. The summed E-state index contributed by atoms with van der Waals surface area (Å²) in [6.45, 7) is 5.39. The average molecular weight is 467 g/mol. The zero-order valence-corrected chi connectivity index (χ0v) is 18.3. The highest BCUT2D eigenvalue weighted by Crippen LogP contribution is 2.31. The van der Waals surface area contributed by atoms with Crippen LogP contribution in [-0.2, 0) is 0 Å². The van der Waals surface area contributed by atoms with E-state index in [1.54, 1.807) is 19.1 Å². The van der Waals surface area contributed by atoms with Crippen molar-refractivity contribution < 1.29 is 23.0 Å². The van der Waals surface area contributed by atoms with E-state index in [0.29, 0.717) is 22.1 Å². The number of aliphatic hydroxyl groups excluding tert-OH is 1. The number of nitrogens with zero attached hydrogens (tertiary/aromatic N) is 2. The zero-order chi connectivity index (χ0) is 23.5. The molecule has 0 spiro atoms. The normalized spacial score (nSPS) is 12.4.